The van der Waals surface area contributed by atoms with E-state index in [1.807, 2.05) is 48.7 Å². The van der Waals surface area contributed by atoms with Crippen LogP contribution in [0.1, 0.15) is 27.8 Å². The van der Waals surface area contributed by atoms with E-state index in [-0.39, 0.29) is 0 Å². The molecule has 0 aromatic heterocycles. The van der Waals surface area contributed by atoms with E-state index in [2.05, 4.69) is 45.0 Å². The summed E-state index contributed by atoms with van der Waals surface area (Å²) < 4.78 is 6.00. The average Bonchev–Trinajstić information content (AvgIpc) is 2.61. The molecule has 0 aliphatic rings. The van der Waals surface area contributed by atoms with Gasteiger partial charge in [0.1, 0.15) is 12.4 Å². The Morgan fingerprint density at radius 1 is 0.840 bits per heavy atom. The van der Waals surface area contributed by atoms with Gasteiger partial charge in [0.05, 0.1) is 5.69 Å². The number of hydrogen-bond acceptors (Lipinski definition) is 2. The minimum Gasteiger partial charge on any atom is -0.488 e. The second kappa shape index (κ2) is 7.80. The van der Waals surface area contributed by atoms with Crippen LogP contribution in [-0.4, -0.2) is 6.21 Å². The smallest absolute Gasteiger partial charge is 0.128 e. The lowest BCUT2D eigenvalue weighted by molar-refractivity contribution is 0.306. The average molecular weight is 329 g/mol. The van der Waals surface area contributed by atoms with Gasteiger partial charge in [0.15, 0.2) is 0 Å². The maximum Gasteiger partial charge on any atom is 0.128 e. The van der Waals surface area contributed by atoms with Crippen molar-refractivity contribution in [2.45, 2.75) is 27.4 Å². The van der Waals surface area contributed by atoms with Crippen LogP contribution in [0.5, 0.6) is 5.75 Å². The Balaban J connectivity index is 1.81. The molecule has 0 saturated carbocycles. The Bertz CT molecular complexity index is 859. The minimum absolute atomic E-state index is 0.550. The van der Waals surface area contributed by atoms with Gasteiger partial charge in [0.25, 0.3) is 0 Å². The summed E-state index contributed by atoms with van der Waals surface area (Å²) in [6.07, 6.45) is 1.89. The molecule has 2 nitrogen and oxygen atoms in total. The van der Waals surface area contributed by atoms with Crippen molar-refractivity contribution in [3.63, 3.8) is 0 Å². The largest absolute Gasteiger partial charge is 0.488 e. The van der Waals surface area contributed by atoms with E-state index in [1.165, 1.54) is 16.7 Å². The number of nitrogens with zero attached hydrogens (tertiary/aromatic N) is 1. The predicted molar refractivity (Wildman–Crippen MR) is 105 cm³/mol. The molecule has 0 saturated heterocycles. The first kappa shape index (κ1) is 17.0. The summed E-state index contributed by atoms with van der Waals surface area (Å²) in [5.41, 5.74) is 6.81. The van der Waals surface area contributed by atoms with Crippen LogP contribution in [0.4, 0.5) is 5.69 Å². The van der Waals surface area contributed by atoms with E-state index in [1.54, 1.807) is 0 Å². The molecule has 25 heavy (non-hydrogen) atoms. The first-order chi connectivity index (χ1) is 12.1. The maximum atomic E-state index is 6.00. The van der Waals surface area contributed by atoms with Gasteiger partial charge in [-0.25, -0.2) is 0 Å². The number of hydrogen-bond donors (Lipinski definition) is 0. The van der Waals surface area contributed by atoms with E-state index in [4.69, 9.17) is 9.73 Å². The fourth-order valence-electron chi connectivity index (χ4n) is 2.96. The molecule has 2 heteroatoms. The molecule has 3 rings (SSSR count). The highest BCUT2D eigenvalue weighted by molar-refractivity contribution is 5.86. The molecule has 0 aliphatic carbocycles. The van der Waals surface area contributed by atoms with Crippen LogP contribution in [-0.2, 0) is 6.61 Å². The summed E-state index contributed by atoms with van der Waals surface area (Å²) in [4.78, 5) is 4.73. The highest BCUT2D eigenvalue weighted by Crippen LogP contribution is 2.26. The van der Waals surface area contributed by atoms with Gasteiger partial charge in [0, 0.05) is 11.8 Å². The molecule has 3 aromatic rings. The van der Waals surface area contributed by atoms with Gasteiger partial charge in [-0.15, -0.1) is 0 Å². The molecule has 0 amide bonds. The number of aliphatic imine (C=N–C) groups is 1. The Morgan fingerprint density at radius 2 is 1.48 bits per heavy atom. The van der Waals surface area contributed by atoms with Crippen LogP contribution in [0.25, 0.3) is 0 Å². The number of ether oxygens (including phenoxy) is 1. The van der Waals surface area contributed by atoms with Gasteiger partial charge >= 0.3 is 0 Å². The third kappa shape index (κ3) is 4.36. The van der Waals surface area contributed by atoms with Crippen molar-refractivity contribution in [1.82, 2.24) is 0 Å². The lowest BCUT2D eigenvalue weighted by atomic mass is 10.1. The highest BCUT2D eigenvalue weighted by atomic mass is 16.5. The van der Waals surface area contributed by atoms with Crippen LogP contribution < -0.4 is 4.74 Å². The first-order valence-electron chi connectivity index (χ1n) is 8.51. The maximum absolute atomic E-state index is 6.00. The Hall–Kier alpha value is -2.87. The van der Waals surface area contributed by atoms with Crippen LogP contribution in [0, 0.1) is 20.8 Å². The monoisotopic (exact) mass is 329 g/mol. The molecule has 0 atom stereocenters. The van der Waals surface area contributed by atoms with E-state index < -0.39 is 0 Å². The summed E-state index contributed by atoms with van der Waals surface area (Å²) in [6, 6.07) is 22.5. The van der Waals surface area contributed by atoms with Crippen molar-refractivity contribution in [2.24, 2.45) is 4.99 Å². The molecular formula is C23H23NO. The van der Waals surface area contributed by atoms with Crippen molar-refractivity contribution < 1.29 is 4.74 Å². The summed E-state index contributed by atoms with van der Waals surface area (Å²) >= 11 is 0. The third-order valence-electron chi connectivity index (χ3n) is 4.12. The van der Waals surface area contributed by atoms with Crippen molar-refractivity contribution in [3.05, 3.63) is 94.5 Å². The van der Waals surface area contributed by atoms with Crippen molar-refractivity contribution in [3.8, 4) is 5.75 Å². The SMILES string of the molecule is Cc1cc(C)c(N=Cc2ccccc2OCc2ccccc2)c(C)c1. The standard InChI is InChI=1S/C23H23NO/c1-17-13-18(2)23(19(3)14-17)24-15-21-11-7-8-12-22(21)25-16-20-9-5-4-6-10-20/h4-15H,16H2,1-3H3. The van der Waals surface area contributed by atoms with Crippen molar-refractivity contribution >= 4 is 11.9 Å². The van der Waals surface area contributed by atoms with Gasteiger partial charge in [-0.1, -0.05) is 60.2 Å². The van der Waals surface area contributed by atoms with E-state index >= 15 is 0 Å². The quantitative estimate of drug-likeness (QED) is 0.531. The zero-order valence-corrected chi connectivity index (χ0v) is 15.0. The molecule has 0 bridgehead atoms. The number of benzene rings is 3. The first-order valence-corrected chi connectivity index (χ1v) is 8.51. The summed E-state index contributed by atoms with van der Waals surface area (Å²) in [6.45, 7) is 6.86. The van der Waals surface area contributed by atoms with E-state index in [0.717, 1.165) is 22.6 Å². The molecule has 0 heterocycles. The minimum atomic E-state index is 0.550. The van der Waals surface area contributed by atoms with Gasteiger partial charge in [-0.3, -0.25) is 4.99 Å². The molecule has 0 aliphatic heterocycles. The zero-order chi connectivity index (χ0) is 17.6. The Kier molecular flexibility index (Phi) is 5.30. The van der Waals surface area contributed by atoms with E-state index in [0.29, 0.717) is 6.61 Å². The molecule has 0 N–H and O–H groups in total. The van der Waals surface area contributed by atoms with Crippen LogP contribution in [0.3, 0.4) is 0 Å². The number of aryl methyl sites for hydroxylation is 3. The molecule has 0 radical (unpaired) electrons. The normalized spacial score (nSPS) is 11.0. The summed E-state index contributed by atoms with van der Waals surface area (Å²) in [5, 5.41) is 0. The molecule has 0 spiro atoms. The second-order valence-corrected chi connectivity index (χ2v) is 6.32. The van der Waals surface area contributed by atoms with Crippen LogP contribution in [0.15, 0.2) is 71.7 Å². The topological polar surface area (TPSA) is 21.6 Å². The molecule has 126 valence electrons. The van der Waals surface area contributed by atoms with Gasteiger partial charge in [0.2, 0.25) is 0 Å². The lowest BCUT2D eigenvalue weighted by Gasteiger charge is -2.10. The van der Waals surface area contributed by atoms with Gasteiger partial charge < -0.3 is 4.74 Å². The van der Waals surface area contributed by atoms with Gasteiger partial charge in [-0.05, 0) is 49.6 Å². The summed E-state index contributed by atoms with van der Waals surface area (Å²) in [7, 11) is 0. The fourth-order valence-corrected chi connectivity index (χ4v) is 2.96. The van der Waals surface area contributed by atoms with E-state index in [9.17, 15) is 0 Å². The van der Waals surface area contributed by atoms with Crippen LogP contribution in [0.2, 0.25) is 0 Å². The lowest BCUT2D eigenvalue weighted by Crippen LogP contribution is -1.98. The predicted octanol–water partition coefficient (Wildman–Crippen LogP) is 5.94. The second-order valence-electron chi connectivity index (χ2n) is 6.32. The Labute approximate surface area is 149 Å². The molecule has 0 unspecified atom stereocenters. The third-order valence-corrected chi connectivity index (χ3v) is 4.12. The Morgan fingerprint density at radius 3 is 2.20 bits per heavy atom. The molecule has 3 aromatic carbocycles. The zero-order valence-electron chi connectivity index (χ0n) is 15.0. The number of rotatable bonds is 5. The summed E-state index contributed by atoms with van der Waals surface area (Å²) in [5.74, 6) is 0.845. The number of para-hydroxylation sites is 1. The molecule has 0 fully saturated rings. The van der Waals surface area contributed by atoms with Crippen LogP contribution >= 0.6 is 0 Å². The highest BCUT2D eigenvalue weighted by Gasteiger charge is 2.04. The van der Waals surface area contributed by atoms with Gasteiger partial charge in [-0.2, -0.15) is 0 Å². The van der Waals surface area contributed by atoms with Crippen molar-refractivity contribution in [2.75, 3.05) is 0 Å². The molecular weight excluding hydrogens is 306 g/mol. The fraction of sp³-hybridized carbons (Fsp3) is 0.174. The van der Waals surface area contributed by atoms with Crippen molar-refractivity contribution in [1.29, 1.82) is 0 Å².